The second-order valence-electron chi connectivity index (χ2n) is 4.55. The topological polar surface area (TPSA) is 38.7 Å². The van der Waals surface area contributed by atoms with Crippen LogP contribution >= 0.6 is 0 Å². The molecule has 2 aliphatic rings. The SMILES string of the molecule is OB1Oc2cccc(C3CCCCC3)c2O1. The standard InChI is InChI=1S/C12H15BO3/c14-13-15-11-8-4-7-10(12(11)16-13)9-5-2-1-3-6-9/h4,7-9,14H,1-3,5-6H2. The molecule has 1 aliphatic carbocycles. The van der Waals surface area contributed by atoms with Crippen molar-refractivity contribution >= 4 is 7.32 Å². The molecule has 4 heteroatoms. The number of benzene rings is 1. The highest BCUT2D eigenvalue weighted by Gasteiger charge is 2.34. The predicted molar refractivity (Wildman–Crippen MR) is 61.5 cm³/mol. The lowest BCUT2D eigenvalue weighted by atomic mass is 9.83. The Hall–Kier alpha value is -1.16. The average Bonchev–Trinajstić information content (AvgIpc) is 2.70. The maximum atomic E-state index is 9.33. The van der Waals surface area contributed by atoms with Gasteiger partial charge in [-0.05, 0) is 30.4 Å². The summed E-state index contributed by atoms with van der Waals surface area (Å²) in [5.74, 6) is 2.00. The maximum Gasteiger partial charge on any atom is 0.785 e. The van der Waals surface area contributed by atoms with Crippen molar-refractivity contribution in [1.82, 2.24) is 0 Å². The van der Waals surface area contributed by atoms with Gasteiger partial charge in [0.1, 0.15) is 11.5 Å². The molecule has 0 spiro atoms. The van der Waals surface area contributed by atoms with Crippen molar-refractivity contribution in [2.75, 3.05) is 0 Å². The molecule has 1 heterocycles. The van der Waals surface area contributed by atoms with E-state index in [1.165, 1.54) is 37.7 Å². The van der Waals surface area contributed by atoms with E-state index in [1.54, 1.807) is 0 Å². The van der Waals surface area contributed by atoms with Crippen LogP contribution in [0.5, 0.6) is 11.5 Å². The van der Waals surface area contributed by atoms with Crippen molar-refractivity contribution in [2.45, 2.75) is 38.0 Å². The predicted octanol–water partition coefficient (Wildman–Crippen LogP) is 2.48. The van der Waals surface area contributed by atoms with Crippen molar-refractivity contribution in [1.29, 1.82) is 0 Å². The van der Waals surface area contributed by atoms with Crippen LogP contribution in [0.4, 0.5) is 0 Å². The second-order valence-corrected chi connectivity index (χ2v) is 4.55. The van der Waals surface area contributed by atoms with Gasteiger partial charge in [-0.2, -0.15) is 0 Å². The lowest BCUT2D eigenvalue weighted by Gasteiger charge is -2.23. The summed E-state index contributed by atoms with van der Waals surface area (Å²) in [5, 5.41) is 9.33. The molecule has 0 aromatic heterocycles. The molecule has 16 heavy (non-hydrogen) atoms. The van der Waals surface area contributed by atoms with E-state index in [-0.39, 0.29) is 0 Å². The van der Waals surface area contributed by atoms with Crippen molar-refractivity contribution < 1.29 is 14.3 Å². The summed E-state index contributed by atoms with van der Waals surface area (Å²) in [4.78, 5) is 0. The Balaban J connectivity index is 1.92. The number of hydrogen-bond acceptors (Lipinski definition) is 3. The summed E-state index contributed by atoms with van der Waals surface area (Å²) in [7, 11) is -1.13. The van der Waals surface area contributed by atoms with Gasteiger partial charge in [-0.3, -0.25) is 0 Å². The molecule has 0 amide bonds. The molecule has 0 radical (unpaired) electrons. The van der Waals surface area contributed by atoms with Crippen molar-refractivity contribution in [3.63, 3.8) is 0 Å². The Kier molecular flexibility index (Phi) is 2.52. The highest BCUT2D eigenvalue weighted by atomic mass is 16.7. The Morgan fingerprint density at radius 1 is 1.12 bits per heavy atom. The summed E-state index contributed by atoms with van der Waals surface area (Å²) in [5.41, 5.74) is 1.20. The van der Waals surface area contributed by atoms with Crippen LogP contribution in [-0.4, -0.2) is 12.3 Å². The van der Waals surface area contributed by atoms with E-state index < -0.39 is 7.32 Å². The molecule has 0 saturated heterocycles. The van der Waals surface area contributed by atoms with E-state index in [9.17, 15) is 5.02 Å². The minimum absolute atomic E-state index is 0.567. The molecule has 1 N–H and O–H groups in total. The lowest BCUT2D eigenvalue weighted by Crippen LogP contribution is -2.23. The van der Waals surface area contributed by atoms with Gasteiger partial charge in [0.05, 0.1) is 0 Å². The van der Waals surface area contributed by atoms with Crippen LogP contribution in [0.1, 0.15) is 43.6 Å². The molecule has 3 nitrogen and oxygen atoms in total. The summed E-state index contributed by atoms with van der Waals surface area (Å²) in [6.07, 6.45) is 6.35. The number of rotatable bonds is 1. The molecule has 1 saturated carbocycles. The Labute approximate surface area is 95.6 Å². The van der Waals surface area contributed by atoms with Crippen LogP contribution in [0, 0.1) is 0 Å². The molecule has 1 aliphatic heterocycles. The van der Waals surface area contributed by atoms with Gasteiger partial charge >= 0.3 is 7.32 Å². The maximum absolute atomic E-state index is 9.33. The zero-order valence-electron chi connectivity index (χ0n) is 9.19. The molecule has 0 atom stereocenters. The number of fused-ring (bicyclic) bond motifs is 1. The van der Waals surface area contributed by atoms with E-state index in [0.29, 0.717) is 11.7 Å². The summed E-state index contributed by atoms with van der Waals surface area (Å²) in [6, 6.07) is 5.91. The van der Waals surface area contributed by atoms with Crippen molar-refractivity contribution in [3.8, 4) is 11.5 Å². The molecular formula is C12H15BO3. The minimum atomic E-state index is -1.13. The van der Waals surface area contributed by atoms with E-state index in [1.807, 2.05) is 12.1 Å². The summed E-state index contributed by atoms with van der Waals surface area (Å²) < 4.78 is 10.5. The third-order valence-electron chi connectivity index (χ3n) is 3.50. The first-order chi connectivity index (χ1) is 7.84. The monoisotopic (exact) mass is 218 g/mol. The molecule has 1 aromatic rings. The minimum Gasteiger partial charge on any atom is -0.498 e. The van der Waals surface area contributed by atoms with Gasteiger partial charge < -0.3 is 14.3 Å². The molecule has 1 fully saturated rings. The van der Waals surface area contributed by atoms with Crippen LogP contribution < -0.4 is 9.31 Å². The Bertz CT molecular complexity index is 388. The van der Waals surface area contributed by atoms with Crippen LogP contribution in [0.3, 0.4) is 0 Å². The van der Waals surface area contributed by atoms with Crippen LogP contribution in [-0.2, 0) is 0 Å². The van der Waals surface area contributed by atoms with Crippen LogP contribution in [0.15, 0.2) is 18.2 Å². The smallest absolute Gasteiger partial charge is 0.498 e. The average molecular weight is 218 g/mol. The van der Waals surface area contributed by atoms with Crippen molar-refractivity contribution in [3.05, 3.63) is 23.8 Å². The fourth-order valence-electron chi connectivity index (χ4n) is 2.72. The van der Waals surface area contributed by atoms with Gasteiger partial charge in [-0.1, -0.05) is 31.4 Å². The highest BCUT2D eigenvalue weighted by Crippen LogP contribution is 2.44. The Morgan fingerprint density at radius 2 is 1.94 bits per heavy atom. The molecule has 0 unspecified atom stereocenters. The van der Waals surface area contributed by atoms with Crippen molar-refractivity contribution in [2.24, 2.45) is 0 Å². The van der Waals surface area contributed by atoms with E-state index >= 15 is 0 Å². The highest BCUT2D eigenvalue weighted by molar-refractivity contribution is 6.38. The summed E-state index contributed by atoms with van der Waals surface area (Å²) >= 11 is 0. The zero-order valence-corrected chi connectivity index (χ0v) is 9.19. The first-order valence-corrected chi connectivity index (χ1v) is 5.99. The lowest BCUT2D eigenvalue weighted by molar-refractivity contribution is 0.339. The quantitative estimate of drug-likeness (QED) is 0.736. The second kappa shape index (κ2) is 4.02. The zero-order chi connectivity index (χ0) is 11.0. The third-order valence-corrected chi connectivity index (χ3v) is 3.50. The van der Waals surface area contributed by atoms with Crippen LogP contribution in [0.2, 0.25) is 0 Å². The third kappa shape index (κ3) is 1.67. The van der Waals surface area contributed by atoms with Gasteiger partial charge in [-0.25, -0.2) is 0 Å². The van der Waals surface area contributed by atoms with Gasteiger partial charge in [0.25, 0.3) is 0 Å². The largest absolute Gasteiger partial charge is 0.785 e. The summed E-state index contributed by atoms with van der Waals surface area (Å²) in [6.45, 7) is 0. The molecule has 1 aromatic carbocycles. The van der Waals surface area contributed by atoms with Gasteiger partial charge in [-0.15, -0.1) is 0 Å². The molecule has 3 rings (SSSR count). The van der Waals surface area contributed by atoms with E-state index in [2.05, 4.69) is 6.07 Å². The molecule has 0 bridgehead atoms. The first-order valence-electron chi connectivity index (χ1n) is 5.99. The van der Waals surface area contributed by atoms with Gasteiger partial charge in [0, 0.05) is 0 Å². The number of hydrogen-bond donors (Lipinski definition) is 1. The normalized spacial score (nSPS) is 20.2. The first kappa shape index (κ1) is 10.0. The molecule has 84 valence electrons. The molecular weight excluding hydrogens is 203 g/mol. The van der Waals surface area contributed by atoms with E-state index in [0.717, 1.165) is 5.75 Å². The fraction of sp³-hybridized carbons (Fsp3) is 0.500. The van der Waals surface area contributed by atoms with Crippen LogP contribution in [0.25, 0.3) is 0 Å². The Morgan fingerprint density at radius 3 is 2.75 bits per heavy atom. The van der Waals surface area contributed by atoms with Gasteiger partial charge in [0.2, 0.25) is 0 Å². The number of para-hydroxylation sites is 1. The van der Waals surface area contributed by atoms with E-state index in [4.69, 9.17) is 9.31 Å². The fourth-order valence-corrected chi connectivity index (χ4v) is 2.72. The van der Waals surface area contributed by atoms with Gasteiger partial charge in [0.15, 0.2) is 0 Å².